The van der Waals surface area contributed by atoms with E-state index in [0.717, 1.165) is 10.5 Å². The molecule has 0 bridgehead atoms. The third kappa shape index (κ3) is 4.91. The molecular weight excluding hydrogens is 401 g/mol. The van der Waals surface area contributed by atoms with Crippen molar-refractivity contribution in [2.75, 3.05) is 19.7 Å². The summed E-state index contributed by atoms with van der Waals surface area (Å²) in [6, 6.07) is 14.2. The van der Waals surface area contributed by atoms with E-state index in [0.29, 0.717) is 25.3 Å². The van der Waals surface area contributed by atoms with Gasteiger partial charge in [-0.25, -0.2) is 9.18 Å². The van der Waals surface area contributed by atoms with Gasteiger partial charge in [-0.1, -0.05) is 42.5 Å². The summed E-state index contributed by atoms with van der Waals surface area (Å²) < 4.78 is 19.2. The molecule has 2 fully saturated rings. The summed E-state index contributed by atoms with van der Waals surface area (Å²) in [6.45, 7) is 1.40. The Morgan fingerprint density at radius 3 is 2.71 bits per heavy atom. The minimum absolute atomic E-state index is 0.00487. The molecule has 2 saturated heterocycles. The Hall–Kier alpha value is -3.26. The number of morpholine rings is 1. The van der Waals surface area contributed by atoms with E-state index in [-0.39, 0.29) is 31.4 Å². The average Bonchev–Trinajstić information content (AvgIpc) is 3.06. The quantitative estimate of drug-likeness (QED) is 0.722. The number of rotatable bonds is 6. The zero-order chi connectivity index (χ0) is 21.8. The number of amides is 4. The van der Waals surface area contributed by atoms with E-state index in [4.69, 9.17) is 4.74 Å². The predicted molar refractivity (Wildman–Crippen MR) is 110 cm³/mol. The highest BCUT2D eigenvalue weighted by Crippen LogP contribution is 2.23. The topological polar surface area (TPSA) is 79.0 Å². The number of hydrogen-bond donors (Lipinski definition) is 1. The Morgan fingerprint density at radius 1 is 1.13 bits per heavy atom. The van der Waals surface area contributed by atoms with E-state index in [9.17, 15) is 18.8 Å². The first-order valence-corrected chi connectivity index (χ1v) is 10.3. The molecule has 0 aliphatic carbocycles. The summed E-state index contributed by atoms with van der Waals surface area (Å²) in [4.78, 5) is 40.4. The summed E-state index contributed by atoms with van der Waals surface area (Å²) in [5.74, 6) is -0.896. The Morgan fingerprint density at radius 2 is 1.94 bits per heavy atom. The number of benzene rings is 2. The van der Waals surface area contributed by atoms with Crippen molar-refractivity contribution in [2.45, 2.75) is 31.5 Å². The molecule has 8 heteroatoms. The molecule has 0 radical (unpaired) electrons. The number of nitrogens with one attached hydrogen (secondary N) is 1. The van der Waals surface area contributed by atoms with Crippen LogP contribution in [-0.4, -0.2) is 53.4 Å². The second-order valence-electron chi connectivity index (χ2n) is 7.70. The number of carbonyl (C=O) groups is 3. The van der Waals surface area contributed by atoms with Gasteiger partial charge in [0.25, 0.3) is 5.91 Å². The van der Waals surface area contributed by atoms with Crippen molar-refractivity contribution >= 4 is 17.8 Å². The molecule has 31 heavy (non-hydrogen) atoms. The fourth-order valence-electron chi connectivity index (χ4n) is 3.91. The molecule has 0 saturated carbocycles. The largest absolute Gasteiger partial charge is 0.370 e. The zero-order valence-corrected chi connectivity index (χ0v) is 17.0. The number of ether oxygens (including phenoxy) is 1. The van der Waals surface area contributed by atoms with E-state index >= 15 is 0 Å². The van der Waals surface area contributed by atoms with Gasteiger partial charge in [0.2, 0.25) is 5.91 Å². The third-order valence-corrected chi connectivity index (χ3v) is 5.57. The molecule has 2 aromatic rings. The molecule has 2 aliphatic rings. The summed E-state index contributed by atoms with van der Waals surface area (Å²) in [6.07, 6.45) is 0.191. The van der Waals surface area contributed by atoms with Crippen LogP contribution in [0.5, 0.6) is 0 Å². The predicted octanol–water partition coefficient (Wildman–Crippen LogP) is 2.63. The number of hydrogen-bond acceptors (Lipinski definition) is 4. The summed E-state index contributed by atoms with van der Waals surface area (Å²) in [7, 11) is 0. The second kappa shape index (κ2) is 9.26. The lowest BCUT2D eigenvalue weighted by atomic mass is 10.1. The van der Waals surface area contributed by atoms with Crippen LogP contribution < -0.4 is 5.32 Å². The van der Waals surface area contributed by atoms with Crippen molar-refractivity contribution in [3.8, 4) is 0 Å². The molecule has 4 rings (SSSR count). The van der Waals surface area contributed by atoms with Crippen molar-refractivity contribution in [2.24, 2.45) is 0 Å². The van der Waals surface area contributed by atoms with Crippen LogP contribution in [0.3, 0.4) is 0 Å². The zero-order valence-electron chi connectivity index (χ0n) is 17.0. The first kappa shape index (κ1) is 21.0. The highest BCUT2D eigenvalue weighted by molar-refractivity contribution is 6.04. The molecule has 0 aromatic heterocycles. The summed E-state index contributed by atoms with van der Waals surface area (Å²) in [5.41, 5.74) is 1.55. The van der Waals surface area contributed by atoms with Crippen LogP contribution in [0.2, 0.25) is 0 Å². The normalized spacial score (nSPS) is 21.3. The molecule has 162 valence electrons. The lowest BCUT2D eigenvalue weighted by molar-refractivity contribution is -0.139. The van der Waals surface area contributed by atoms with Crippen molar-refractivity contribution in [3.05, 3.63) is 71.5 Å². The standard InChI is InChI=1S/C23H24FN3O4/c24-18-8-4-5-16(13-18)14-27-22(29)19(25-23(27)30)9-10-21(28)26-11-12-31-20(15-26)17-6-2-1-3-7-17/h1-8,13,19-20H,9-12,14-15H2,(H,25,30)/t19-,20-/m0/s1. The maximum absolute atomic E-state index is 13.4. The first-order chi connectivity index (χ1) is 15.0. The number of urea groups is 1. The molecule has 1 N–H and O–H groups in total. The molecule has 2 aromatic carbocycles. The van der Waals surface area contributed by atoms with Gasteiger partial charge < -0.3 is 15.0 Å². The van der Waals surface area contributed by atoms with Gasteiger partial charge in [-0.3, -0.25) is 14.5 Å². The van der Waals surface area contributed by atoms with Crippen LogP contribution in [-0.2, 0) is 20.9 Å². The molecule has 7 nitrogen and oxygen atoms in total. The minimum Gasteiger partial charge on any atom is -0.370 e. The SMILES string of the molecule is O=C(CC[C@@H]1NC(=O)N(Cc2cccc(F)c2)C1=O)N1CCO[C@H](c2ccccc2)C1. The molecule has 2 atom stereocenters. The maximum Gasteiger partial charge on any atom is 0.325 e. The minimum atomic E-state index is -0.754. The molecular formula is C23H24FN3O4. The van der Waals surface area contributed by atoms with Crippen LogP contribution in [0.1, 0.15) is 30.1 Å². The number of imide groups is 1. The Labute approximate surface area is 179 Å². The highest BCUT2D eigenvalue weighted by atomic mass is 19.1. The highest BCUT2D eigenvalue weighted by Gasteiger charge is 2.38. The summed E-state index contributed by atoms with van der Waals surface area (Å²) >= 11 is 0. The number of nitrogens with zero attached hydrogens (tertiary/aromatic N) is 2. The van der Waals surface area contributed by atoms with Crippen LogP contribution in [0.4, 0.5) is 9.18 Å². The lowest BCUT2D eigenvalue weighted by Gasteiger charge is -2.33. The summed E-state index contributed by atoms with van der Waals surface area (Å²) in [5, 5.41) is 2.63. The van der Waals surface area contributed by atoms with E-state index in [1.165, 1.54) is 18.2 Å². The number of halogens is 1. The van der Waals surface area contributed by atoms with Crippen molar-refractivity contribution in [1.82, 2.24) is 15.1 Å². The van der Waals surface area contributed by atoms with Crippen molar-refractivity contribution in [3.63, 3.8) is 0 Å². The van der Waals surface area contributed by atoms with Crippen LogP contribution >= 0.6 is 0 Å². The molecule has 2 aliphatic heterocycles. The van der Waals surface area contributed by atoms with E-state index in [1.54, 1.807) is 11.0 Å². The van der Waals surface area contributed by atoms with E-state index in [2.05, 4.69) is 5.32 Å². The monoisotopic (exact) mass is 425 g/mol. The smallest absolute Gasteiger partial charge is 0.325 e. The molecule has 0 spiro atoms. The van der Waals surface area contributed by atoms with Gasteiger partial charge in [0.15, 0.2) is 0 Å². The van der Waals surface area contributed by atoms with E-state index in [1.807, 2.05) is 30.3 Å². The fraction of sp³-hybridized carbons (Fsp3) is 0.348. The number of carbonyl (C=O) groups excluding carboxylic acids is 3. The molecule has 2 heterocycles. The average molecular weight is 425 g/mol. The Balaban J connectivity index is 1.31. The van der Waals surface area contributed by atoms with Crippen molar-refractivity contribution < 1.29 is 23.5 Å². The van der Waals surface area contributed by atoms with Gasteiger partial charge in [0, 0.05) is 13.0 Å². The Kier molecular flexibility index (Phi) is 6.27. The lowest BCUT2D eigenvalue weighted by Crippen LogP contribution is -2.43. The van der Waals surface area contributed by atoms with Gasteiger partial charge in [0.05, 0.1) is 19.7 Å². The second-order valence-corrected chi connectivity index (χ2v) is 7.70. The van der Waals surface area contributed by atoms with Crippen molar-refractivity contribution in [1.29, 1.82) is 0 Å². The Bertz CT molecular complexity index is 968. The first-order valence-electron chi connectivity index (χ1n) is 10.3. The van der Waals surface area contributed by atoms with Gasteiger partial charge in [-0.05, 0) is 29.7 Å². The van der Waals surface area contributed by atoms with E-state index < -0.39 is 23.8 Å². The van der Waals surface area contributed by atoms with Gasteiger partial charge in [-0.2, -0.15) is 0 Å². The molecule has 4 amide bonds. The molecule has 0 unspecified atom stereocenters. The van der Waals surface area contributed by atoms with Crippen LogP contribution in [0, 0.1) is 5.82 Å². The third-order valence-electron chi connectivity index (χ3n) is 5.57. The maximum atomic E-state index is 13.4. The van der Waals surface area contributed by atoms with Gasteiger partial charge in [-0.15, -0.1) is 0 Å². The fourth-order valence-corrected chi connectivity index (χ4v) is 3.91. The van der Waals surface area contributed by atoms with Crippen LogP contribution in [0.25, 0.3) is 0 Å². The van der Waals surface area contributed by atoms with Gasteiger partial charge >= 0.3 is 6.03 Å². The van der Waals surface area contributed by atoms with Gasteiger partial charge in [0.1, 0.15) is 18.0 Å². The van der Waals surface area contributed by atoms with Crippen LogP contribution in [0.15, 0.2) is 54.6 Å².